The van der Waals surface area contributed by atoms with Crippen LogP contribution >= 0.6 is 11.3 Å². The number of nitrogens with one attached hydrogen (secondary N) is 1. The number of ether oxygens (including phenoxy) is 3. The lowest BCUT2D eigenvalue weighted by atomic mass is 10.1. The van der Waals surface area contributed by atoms with E-state index in [1.165, 1.54) is 38.2 Å². The van der Waals surface area contributed by atoms with Crippen LogP contribution in [0.1, 0.15) is 20.8 Å². The van der Waals surface area contributed by atoms with Gasteiger partial charge in [-0.1, -0.05) is 30.3 Å². The van der Waals surface area contributed by atoms with Gasteiger partial charge >= 0.3 is 0 Å². The Morgan fingerprint density at radius 2 is 1.70 bits per heavy atom. The number of carbonyl (C=O) groups excluding carboxylic acids is 1. The zero-order valence-electron chi connectivity index (χ0n) is 15.3. The first-order valence-electron chi connectivity index (χ1n) is 8.24. The van der Waals surface area contributed by atoms with Gasteiger partial charge in [-0.05, 0) is 17.7 Å². The first kappa shape index (κ1) is 18.7. The molecule has 0 bridgehead atoms. The van der Waals surface area contributed by atoms with Crippen LogP contribution in [-0.2, 0) is 6.42 Å². The second-order valence-electron chi connectivity index (χ2n) is 5.66. The summed E-state index contributed by atoms with van der Waals surface area (Å²) in [6.45, 7) is 0. The molecule has 0 spiro atoms. The quantitative estimate of drug-likeness (QED) is 0.666. The molecule has 0 aliphatic heterocycles. The van der Waals surface area contributed by atoms with Crippen molar-refractivity contribution in [2.24, 2.45) is 0 Å². The van der Waals surface area contributed by atoms with Crippen LogP contribution in [-0.4, -0.2) is 32.2 Å². The average Bonchev–Trinajstić information content (AvgIpc) is 3.14. The van der Waals surface area contributed by atoms with Gasteiger partial charge in [-0.2, -0.15) is 0 Å². The summed E-state index contributed by atoms with van der Waals surface area (Å²) in [5.41, 5.74) is 1.59. The highest BCUT2D eigenvalue weighted by Gasteiger charge is 2.18. The fourth-order valence-electron chi connectivity index (χ4n) is 2.63. The molecule has 0 radical (unpaired) electrons. The molecule has 0 aliphatic rings. The van der Waals surface area contributed by atoms with E-state index in [2.05, 4.69) is 22.4 Å². The van der Waals surface area contributed by atoms with Gasteiger partial charge in [0.1, 0.15) is 0 Å². The van der Waals surface area contributed by atoms with Crippen LogP contribution in [0.4, 0.5) is 5.13 Å². The largest absolute Gasteiger partial charge is 0.493 e. The van der Waals surface area contributed by atoms with Crippen molar-refractivity contribution >= 4 is 22.4 Å². The SMILES string of the molecule is COc1cc(C(=O)Nc2ncc(Cc3ccccc3)s2)cc(OC)c1OC. The molecule has 0 fully saturated rings. The molecule has 140 valence electrons. The molecule has 27 heavy (non-hydrogen) atoms. The van der Waals surface area contributed by atoms with Crippen LogP contribution < -0.4 is 19.5 Å². The molecule has 3 rings (SSSR count). The monoisotopic (exact) mass is 384 g/mol. The highest BCUT2D eigenvalue weighted by atomic mass is 32.1. The van der Waals surface area contributed by atoms with Crippen LogP contribution in [0.15, 0.2) is 48.7 Å². The Morgan fingerprint density at radius 3 is 2.30 bits per heavy atom. The third-order valence-corrected chi connectivity index (χ3v) is 4.83. The van der Waals surface area contributed by atoms with Crippen LogP contribution in [0.5, 0.6) is 17.2 Å². The van der Waals surface area contributed by atoms with Crippen LogP contribution in [0.2, 0.25) is 0 Å². The summed E-state index contributed by atoms with van der Waals surface area (Å²) >= 11 is 1.45. The number of nitrogens with zero attached hydrogens (tertiary/aromatic N) is 1. The van der Waals surface area contributed by atoms with Crippen molar-refractivity contribution in [3.8, 4) is 17.2 Å². The molecule has 3 aromatic rings. The number of rotatable bonds is 7. The Balaban J connectivity index is 1.76. The minimum Gasteiger partial charge on any atom is -0.493 e. The Kier molecular flexibility index (Phi) is 5.93. The number of carbonyl (C=O) groups is 1. The van der Waals surface area contributed by atoms with E-state index in [9.17, 15) is 4.79 Å². The lowest BCUT2D eigenvalue weighted by Crippen LogP contribution is -2.12. The molecule has 1 heterocycles. The van der Waals surface area contributed by atoms with E-state index >= 15 is 0 Å². The van der Waals surface area contributed by atoms with Crippen LogP contribution in [0.3, 0.4) is 0 Å². The Bertz CT molecular complexity index is 900. The first-order chi connectivity index (χ1) is 13.1. The summed E-state index contributed by atoms with van der Waals surface area (Å²) in [5, 5.41) is 3.36. The predicted octanol–water partition coefficient (Wildman–Crippen LogP) is 4.01. The van der Waals surface area contributed by atoms with E-state index in [1.807, 2.05) is 18.2 Å². The van der Waals surface area contributed by atoms with Crippen molar-refractivity contribution in [1.29, 1.82) is 0 Å². The molecule has 6 nitrogen and oxygen atoms in total. The van der Waals surface area contributed by atoms with E-state index < -0.39 is 0 Å². The summed E-state index contributed by atoms with van der Waals surface area (Å²) in [4.78, 5) is 18.0. The predicted molar refractivity (Wildman–Crippen MR) is 105 cm³/mol. The molecular weight excluding hydrogens is 364 g/mol. The maximum Gasteiger partial charge on any atom is 0.257 e. The number of hydrogen-bond donors (Lipinski definition) is 1. The van der Waals surface area contributed by atoms with Gasteiger partial charge < -0.3 is 14.2 Å². The average molecular weight is 384 g/mol. The zero-order valence-corrected chi connectivity index (χ0v) is 16.1. The van der Waals surface area contributed by atoms with Gasteiger partial charge in [0.15, 0.2) is 16.6 Å². The van der Waals surface area contributed by atoms with Gasteiger partial charge in [-0.25, -0.2) is 4.98 Å². The number of thiazole rings is 1. The zero-order chi connectivity index (χ0) is 19.2. The summed E-state index contributed by atoms with van der Waals surface area (Å²) in [5.74, 6) is 0.989. The van der Waals surface area contributed by atoms with Gasteiger partial charge in [0.05, 0.1) is 21.3 Å². The van der Waals surface area contributed by atoms with Gasteiger partial charge in [0.2, 0.25) is 5.75 Å². The van der Waals surface area contributed by atoms with Crippen molar-refractivity contribution < 1.29 is 19.0 Å². The summed E-state index contributed by atoms with van der Waals surface area (Å²) in [7, 11) is 4.54. The van der Waals surface area contributed by atoms with Crippen molar-refractivity contribution in [2.45, 2.75) is 6.42 Å². The van der Waals surface area contributed by atoms with Gasteiger partial charge in [0.25, 0.3) is 5.91 Å². The molecule has 2 aromatic carbocycles. The Hall–Kier alpha value is -3.06. The van der Waals surface area contributed by atoms with E-state index in [0.717, 1.165) is 11.3 Å². The van der Waals surface area contributed by atoms with E-state index in [-0.39, 0.29) is 5.91 Å². The summed E-state index contributed by atoms with van der Waals surface area (Å²) in [6.07, 6.45) is 2.56. The highest BCUT2D eigenvalue weighted by molar-refractivity contribution is 7.15. The van der Waals surface area contributed by atoms with Gasteiger partial charge in [-0.15, -0.1) is 11.3 Å². The molecule has 1 N–H and O–H groups in total. The van der Waals surface area contributed by atoms with E-state index in [1.54, 1.807) is 18.3 Å². The Morgan fingerprint density at radius 1 is 1.04 bits per heavy atom. The van der Waals surface area contributed by atoms with E-state index in [0.29, 0.717) is 27.9 Å². The lowest BCUT2D eigenvalue weighted by Gasteiger charge is -2.13. The fourth-order valence-corrected chi connectivity index (χ4v) is 3.47. The number of methoxy groups -OCH3 is 3. The second kappa shape index (κ2) is 8.55. The van der Waals surface area contributed by atoms with E-state index in [4.69, 9.17) is 14.2 Å². The standard InChI is InChI=1S/C20H20N2O4S/c1-24-16-10-14(11-17(25-2)18(16)26-3)19(23)22-20-21-12-15(27-20)9-13-7-5-4-6-8-13/h4-8,10-12H,9H2,1-3H3,(H,21,22,23). The van der Waals surface area contributed by atoms with Crippen LogP contribution in [0.25, 0.3) is 0 Å². The minimum atomic E-state index is -0.296. The maximum absolute atomic E-state index is 12.6. The second-order valence-corrected chi connectivity index (χ2v) is 6.78. The smallest absolute Gasteiger partial charge is 0.257 e. The molecule has 1 aromatic heterocycles. The molecule has 7 heteroatoms. The minimum absolute atomic E-state index is 0.296. The third kappa shape index (κ3) is 4.38. The molecule has 1 amide bonds. The van der Waals surface area contributed by atoms with Crippen molar-refractivity contribution in [2.75, 3.05) is 26.6 Å². The fraction of sp³-hybridized carbons (Fsp3) is 0.200. The number of benzene rings is 2. The molecule has 0 saturated heterocycles. The molecule has 0 unspecified atom stereocenters. The molecular formula is C20H20N2O4S. The molecule has 0 saturated carbocycles. The summed E-state index contributed by atoms with van der Waals surface area (Å²) in [6, 6.07) is 13.3. The van der Waals surface area contributed by atoms with Crippen LogP contribution in [0, 0.1) is 0 Å². The topological polar surface area (TPSA) is 69.7 Å². The number of anilines is 1. The molecule has 0 aliphatic carbocycles. The number of aromatic nitrogens is 1. The normalized spacial score (nSPS) is 10.3. The molecule has 0 atom stereocenters. The lowest BCUT2D eigenvalue weighted by molar-refractivity contribution is 0.102. The third-order valence-electron chi connectivity index (χ3n) is 3.92. The van der Waals surface area contributed by atoms with Gasteiger partial charge in [-0.3, -0.25) is 10.1 Å². The highest BCUT2D eigenvalue weighted by Crippen LogP contribution is 2.38. The first-order valence-corrected chi connectivity index (χ1v) is 9.06. The Labute approximate surface area is 161 Å². The number of amides is 1. The van der Waals surface area contributed by atoms with Crippen molar-refractivity contribution in [3.05, 3.63) is 64.7 Å². The number of hydrogen-bond acceptors (Lipinski definition) is 6. The maximum atomic E-state index is 12.6. The van der Waals surface area contributed by atoms with Gasteiger partial charge in [0, 0.05) is 23.1 Å². The summed E-state index contributed by atoms with van der Waals surface area (Å²) < 4.78 is 15.9. The van der Waals surface area contributed by atoms with Crippen molar-refractivity contribution in [1.82, 2.24) is 4.98 Å². The van der Waals surface area contributed by atoms with Crippen molar-refractivity contribution in [3.63, 3.8) is 0 Å².